The first-order valence-electron chi connectivity index (χ1n) is 8.56. The highest BCUT2D eigenvalue weighted by atomic mass is 16.2. The summed E-state index contributed by atoms with van der Waals surface area (Å²) in [5.74, 6) is 1.29. The van der Waals surface area contributed by atoms with E-state index in [1.54, 1.807) is 24.3 Å². The number of benzene rings is 1. The zero-order valence-electron chi connectivity index (χ0n) is 14.6. The van der Waals surface area contributed by atoms with E-state index < -0.39 is 0 Å². The Balaban J connectivity index is 1.90. The molecule has 1 aromatic rings. The van der Waals surface area contributed by atoms with Gasteiger partial charge in [0.05, 0.1) is 6.04 Å². The number of ketones is 1. The maximum absolute atomic E-state index is 12.4. The van der Waals surface area contributed by atoms with E-state index in [9.17, 15) is 9.59 Å². The summed E-state index contributed by atoms with van der Waals surface area (Å²) in [4.78, 5) is 23.6. The van der Waals surface area contributed by atoms with Crippen LogP contribution in [0.3, 0.4) is 0 Å². The summed E-state index contributed by atoms with van der Waals surface area (Å²) in [6.45, 7) is 8.00. The Bertz CT molecular complexity index is 553. The third-order valence-corrected chi connectivity index (χ3v) is 5.12. The molecule has 1 saturated carbocycles. The summed E-state index contributed by atoms with van der Waals surface area (Å²) < 4.78 is 0. The number of anilines is 1. The first-order chi connectivity index (χ1) is 10.9. The molecule has 2 N–H and O–H groups in total. The van der Waals surface area contributed by atoms with Crippen LogP contribution in [0.5, 0.6) is 0 Å². The van der Waals surface area contributed by atoms with Crippen LogP contribution in [0.15, 0.2) is 24.3 Å². The van der Waals surface area contributed by atoms with Crippen LogP contribution in [0.25, 0.3) is 0 Å². The maximum atomic E-state index is 12.4. The molecule has 23 heavy (non-hydrogen) atoms. The van der Waals surface area contributed by atoms with Crippen LogP contribution < -0.4 is 10.6 Å². The summed E-state index contributed by atoms with van der Waals surface area (Å²) >= 11 is 0. The van der Waals surface area contributed by atoms with Crippen molar-refractivity contribution in [2.75, 3.05) is 5.32 Å². The Morgan fingerprint density at radius 1 is 1.13 bits per heavy atom. The lowest BCUT2D eigenvalue weighted by atomic mass is 9.78. The summed E-state index contributed by atoms with van der Waals surface area (Å²) in [7, 11) is 0. The molecule has 0 radical (unpaired) electrons. The molecular formula is C19H28N2O2. The molecule has 0 bridgehead atoms. The van der Waals surface area contributed by atoms with Crippen LogP contribution >= 0.6 is 0 Å². The molecule has 1 fully saturated rings. The van der Waals surface area contributed by atoms with Gasteiger partial charge in [-0.05, 0) is 56.4 Å². The summed E-state index contributed by atoms with van der Waals surface area (Å²) in [6.07, 6.45) is 3.64. The van der Waals surface area contributed by atoms with Crippen LogP contribution in [-0.2, 0) is 4.79 Å². The zero-order valence-corrected chi connectivity index (χ0v) is 14.6. The highest BCUT2D eigenvalue weighted by Gasteiger charge is 2.29. The Morgan fingerprint density at radius 2 is 1.78 bits per heavy atom. The summed E-state index contributed by atoms with van der Waals surface area (Å²) in [6, 6.07) is 7.18. The zero-order chi connectivity index (χ0) is 17.0. The van der Waals surface area contributed by atoms with Crippen molar-refractivity contribution >= 4 is 17.4 Å². The molecule has 4 nitrogen and oxygen atoms in total. The van der Waals surface area contributed by atoms with Crippen LogP contribution in [0, 0.1) is 11.8 Å². The standard InChI is InChI=1S/C19H28N2O2/c1-12-6-5-7-18(13(12)2)20-14(3)19(23)21-17-10-8-16(9-11-17)15(4)22/h8-14,18,20H,5-7H2,1-4H3,(H,21,23)/t12-,13+,14-,18-/m0/s1. The average Bonchev–Trinajstić information content (AvgIpc) is 2.52. The van der Waals surface area contributed by atoms with Crippen molar-refractivity contribution in [2.45, 2.75) is 59.0 Å². The van der Waals surface area contributed by atoms with E-state index in [1.165, 1.54) is 19.8 Å². The van der Waals surface area contributed by atoms with Gasteiger partial charge in [0.1, 0.15) is 0 Å². The van der Waals surface area contributed by atoms with Gasteiger partial charge >= 0.3 is 0 Å². The van der Waals surface area contributed by atoms with E-state index in [2.05, 4.69) is 24.5 Å². The van der Waals surface area contributed by atoms with Gasteiger partial charge in [-0.1, -0.05) is 26.7 Å². The molecule has 1 aliphatic rings. The third-order valence-electron chi connectivity index (χ3n) is 5.12. The van der Waals surface area contributed by atoms with E-state index in [1.807, 2.05) is 6.92 Å². The van der Waals surface area contributed by atoms with Gasteiger partial charge in [0.25, 0.3) is 0 Å². The fourth-order valence-electron chi connectivity index (χ4n) is 3.25. The van der Waals surface area contributed by atoms with Crippen LogP contribution in [0.1, 0.15) is 57.3 Å². The monoisotopic (exact) mass is 316 g/mol. The van der Waals surface area contributed by atoms with Gasteiger partial charge in [0.15, 0.2) is 5.78 Å². The molecule has 1 aliphatic carbocycles. The first kappa shape index (κ1) is 17.7. The second-order valence-electron chi connectivity index (χ2n) is 6.88. The van der Waals surface area contributed by atoms with Gasteiger partial charge < -0.3 is 10.6 Å². The van der Waals surface area contributed by atoms with Crippen LogP contribution in [0.2, 0.25) is 0 Å². The molecule has 126 valence electrons. The minimum absolute atomic E-state index is 0.0262. The first-order valence-corrected chi connectivity index (χ1v) is 8.56. The third kappa shape index (κ3) is 4.64. The van der Waals surface area contributed by atoms with Crippen molar-refractivity contribution in [3.8, 4) is 0 Å². The number of hydrogen-bond donors (Lipinski definition) is 2. The van der Waals surface area contributed by atoms with Gasteiger partial charge in [-0.15, -0.1) is 0 Å². The van der Waals surface area contributed by atoms with E-state index in [0.717, 1.165) is 12.1 Å². The molecule has 4 atom stereocenters. The van der Waals surface area contributed by atoms with Crippen LogP contribution in [-0.4, -0.2) is 23.8 Å². The van der Waals surface area contributed by atoms with E-state index in [-0.39, 0.29) is 17.7 Å². The molecule has 1 aromatic carbocycles. The van der Waals surface area contributed by atoms with Gasteiger partial charge in [0.2, 0.25) is 5.91 Å². The number of carbonyl (C=O) groups is 2. The smallest absolute Gasteiger partial charge is 0.241 e. The van der Waals surface area contributed by atoms with Crippen molar-refractivity contribution in [1.29, 1.82) is 0 Å². The Kier molecular flexibility index (Phi) is 5.94. The number of carbonyl (C=O) groups excluding carboxylic acids is 2. The SMILES string of the molecule is CC(=O)c1ccc(NC(=O)[C@H](C)N[C@H]2CCC[C@H](C)[C@H]2C)cc1. The Hall–Kier alpha value is -1.68. The van der Waals surface area contributed by atoms with E-state index >= 15 is 0 Å². The van der Waals surface area contributed by atoms with Crippen molar-refractivity contribution in [3.63, 3.8) is 0 Å². The van der Waals surface area contributed by atoms with Crippen molar-refractivity contribution in [3.05, 3.63) is 29.8 Å². The minimum atomic E-state index is -0.236. The number of Topliss-reactive ketones (excluding diaryl/α,β-unsaturated/α-hetero) is 1. The molecule has 1 amide bonds. The van der Waals surface area contributed by atoms with Crippen molar-refractivity contribution in [1.82, 2.24) is 5.32 Å². The van der Waals surface area contributed by atoms with E-state index in [0.29, 0.717) is 23.4 Å². The molecule has 0 unspecified atom stereocenters. The number of rotatable bonds is 5. The summed E-state index contributed by atoms with van der Waals surface area (Å²) in [5, 5.41) is 6.39. The minimum Gasteiger partial charge on any atom is -0.325 e. The molecule has 0 aromatic heterocycles. The predicted molar refractivity (Wildman–Crippen MR) is 93.6 cm³/mol. The fraction of sp³-hybridized carbons (Fsp3) is 0.579. The Morgan fingerprint density at radius 3 is 2.39 bits per heavy atom. The second kappa shape index (κ2) is 7.73. The van der Waals surface area contributed by atoms with Gasteiger partial charge in [-0.3, -0.25) is 9.59 Å². The van der Waals surface area contributed by atoms with Crippen molar-refractivity contribution < 1.29 is 9.59 Å². The highest BCUT2D eigenvalue weighted by Crippen LogP contribution is 2.29. The quantitative estimate of drug-likeness (QED) is 0.816. The highest BCUT2D eigenvalue weighted by molar-refractivity contribution is 5.96. The molecular weight excluding hydrogens is 288 g/mol. The lowest BCUT2D eigenvalue weighted by Gasteiger charge is -2.36. The second-order valence-corrected chi connectivity index (χ2v) is 6.88. The average molecular weight is 316 g/mol. The topological polar surface area (TPSA) is 58.2 Å². The largest absolute Gasteiger partial charge is 0.325 e. The fourth-order valence-corrected chi connectivity index (χ4v) is 3.25. The number of nitrogens with one attached hydrogen (secondary N) is 2. The molecule has 0 spiro atoms. The molecule has 0 saturated heterocycles. The molecule has 2 rings (SSSR count). The predicted octanol–water partition coefficient (Wildman–Crippen LogP) is 3.63. The van der Waals surface area contributed by atoms with E-state index in [4.69, 9.17) is 0 Å². The molecule has 4 heteroatoms. The Labute approximate surface area is 139 Å². The van der Waals surface area contributed by atoms with Crippen LogP contribution in [0.4, 0.5) is 5.69 Å². The maximum Gasteiger partial charge on any atom is 0.241 e. The van der Waals surface area contributed by atoms with Gasteiger partial charge in [0, 0.05) is 17.3 Å². The lowest BCUT2D eigenvalue weighted by Crippen LogP contribution is -2.49. The normalized spacial score (nSPS) is 25.7. The number of amides is 1. The summed E-state index contributed by atoms with van der Waals surface area (Å²) in [5.41, 5.74) is 1.37. The van der Waals surface area contributed by atoms with Gasteiger partial charge in [-0.25, -0.2) is 0 Å². The molecule has 0 heterocycles. The van der Waals surface area contributed by atoms with Crippen molar-refractivity contribution in [2.24, 2.45) is 11.8 Å². The lowest BCUT2D eigenvalue weighted by molar-refractivity contribution is -0.118. The molecule has 0 aliphatic heterocycles. The van der Waals surface area contributed by atoms with Gasteiger partial charge in [-0.2, -0.15) is 0 Å². The number of hydrogen-bond acceptors (Lipinski definition) is 3.